The monoisotopic (exact) mass is 523 g/mol. The van der Waals surface area contributed by atoms with Crippen molar-refractivity contribution < 1.29 is 14.3 Å². The van der Waals surface area contributed by atoms with E-state index in [-0.39, 0.29) is 23.7 Å². The zero-order valence-corrected chi connectivity index (χ0v) is 23.4. The fourth-order valence-electron chi connectivity index (χ4n) is 4.02. The number of aromatic nitrogens is 2. The molecule has 0 spiro atoms. The molecule has 9 heteroatoms. The lowest BCUT2D eigenvalue weighted by Crippen LogP contribution is -2.49. The molecule has 2 aromatic carbocycles. The highest BCUT2D eigenvalue weighted by atomic mass is 32.1. The molecule has 2 atom stereocenters. The van der Waals surface area contributed by atoms with Gasteiger partial charge in [0.05, 0.1) is 7.11 Å². The molecule has 2 unspecified atom stereocenters. The predicted molar refractivity (Wildman–Crippen MR) is 151 cm³/mol. The molecule has 0 aliphatic carbocycles. The third-order valence-electron chi connectivity index (χ3n) is 6.37. The molecule has 1 heterocycles. The lowest BCUT2D eigenvalue weighted by molar-refractivity contribution is -0.119. The number of urea groups is 1. The highest BCUT2D eigenvalue weighted by molar-refractivity contribution is 7.18. The molecule has 0 aliphatic rings. The zero-order chi connectivity index (χ0) is 27.1. The van der Waals surface area contributed by atoms with Gasteiger partial charge >= 0.3 is 6.03 Å². The Bertz CT molecular complexity index is 1200. The molecule has 0 aliphatic heterocycles. The number of ether oxygens (including phenoxy) is 1. The molecular weight excluding hydrogens is 486 g/mol. The number of carbonyl (C=O) groups excluding carboxylic acids is 2. The summed E-state index contributed by atoms with van der Waals surface area (Å²) in [6, 6.07) is 12.4. The number of para-hydroxylation sites is 1. The van der Waals surface area contributed by atoms with Crippen LogP contribution in [-0.2, 0) is 4.79 Å². The smallest absolute Gasteiger partial charge is 0.319 e. The third kappa shape index (κ3) is 7.07. The highest BCUT2D eigenvalue weighted by Gasteiger charge is 2.28. The molecular formula is C28H37N5O3S. The molecule has 0 saturated carbocycles. The van der Waals surface area contributed by atoms with Crippen LogP contribution in [0.2, 0.25) is 0 Å². The summed E-state index contributed by atoms with van der Waals surface area (Å²) in [5.41, 5.74) is 3.77. The lowest BCUT2D eigenvalue weighted by atomic mass is 9.92. The maximum atomic E-state index is 13.3. The Kier molecular flexibility index (Phi) is 9.63. The van der Waals surface area contributed by atoms with Crippen LogP contribution in [0.3, 0.4) is 0 Å². The van der Waals surface area contributed by atoms with Crippen LogP contribution < -0.4 is 20.7 Å². The predicted octanol–water partition coefficient (Wildman–Crippen LogP) is 6.64. The summed E-state index contributed by atoms with van der Waals surface area (Å²) in [4.78, 5) is 26.4. The van der Waals surface area contributed by atoms with Crippen molar-refractivity contribution >= 4 is 34.1 Å². The van der Waals surface area contributed by atoms with E-state index < -0.39 is 12.1 Å². The van der Waals surface area contributed by atoms with Crippen molar-refractivity contribution in [2.75, 3.05) is 17.7 Å². The van der Waals surface area contributed by atoms with Gasteiger partial charge in [-0.1, -0.05) is 89.6 Å². The van der Waals surface area contributed by atoms with Gasteiger partial charge in [-0.15, -0.1) is 10.2 Å². The Morgan fingerprint density at radius 3 is 2.19 bits per heavy atom. The van der Waals surface area contributed by atoms with Crippen LogP contribution in [-0.4, -0.2) is 35.3 Å². The Morgan fingerprint density at radius 1 is 0.946 bits per heavy atom. The van der Waals surface area contributed by atoms with Crippen LogP contribution in [0, 0.1) is 5.92 Å². The van der Waals surface area contributed by atoms with Crippen molar-refractivity contribution in [3.8, 4) is 16.3 Å². The Morgan fingerprint density at radius 2 is 1.59 bits per heavy atom. The van der Waals surface area contributed by atoms with Gasteiger partial charge in [-0.25, -0.2) is 4.79 Å². The average Bonchev–Trinajstić information content (AvgIpc) is 3.35. The second-order valence-electron chi connectivity index (χ2n) is 9.72. The number of carbonyl (C=O) groups is 2. The summed E-state index contributed by atoms with van der Waals surface area (Å²) in [6.45, 7) is 12.3. The summed E-state index contributed by atoms with van der Waals surface area (Å²) < 4.78 is 5.28. The minimum Gasteiger partial charge on any atom is -0.497 e. The number of amides is 3. The highest BCUT2D eigenvalue weighted by Crippen LogP contribution is 2.32. The topological polar surface area (TPSA) is 105 Å². The number of hydrogen-bond donors (Lipinski definition) is 3. The fourth-order valence-corrected chi connectivity index (χ4v) is 4.76. The fraction of sp³-hybridized carbons (Fsp3) is 0.429. The van der Waals surface area contributed by atoms with E-state index in [2.05, 4.69) is 53.8 Å². The molecule has 3 amide bonds. The molecule has 37 heavy (non-hydrogen) atoms. The van der Waals surface area contributed by atoms with Crippen LogP contribution in [0.1, 0.15) is 70.9 Å². The largest absolute Gasteiger partial charge is 0.497 e. The standard InChI is InChI=1S/C28H37N5O3S/c1-8-18(6)23(29-27(35)30-24-21(16(2)3)13-10-14-22(24)17(4)5)25(34)31-28-33-32-26(37-28)19-11-9-12-20(15-19)36-7/h9-18,23H,8H2,1-7H3,(H2,29,30,35)(H,31,33,34). The van der Waals surface area contributed by atoms with Crippen molar-refractivity contribution in [3.63, 3.8) is 0 Å². The lowest BCUT2D eigenvalue weighted by Gasteiger charge is -2.25. The maximum Gasteiger partial charge on any atom is 0.319 e. The molecule has 0 bridgehead atoms. The summed E-state index contributed by atoms with van der Waals surface area (Å²) in [5, 5.41) is 18.1. The number of benzene rings is 2. The molecule has 0 fully saturated rings. The van der Waals surface area contributed by atoms with Gasteiger partial charge in [0.25, 0.3) is 0 Å². The van der Waals surface area contributed by atoms with Gasteiger partial charge in [0.2, 0.25) is 11.0 Å². The van der Waals surface area contributed by atoms with Crippen molar-refractivity contribution in [1.82, 2.24) is 15.5 Å². The minimum atomic E-state index is -0.747. The molecule has 3 rings (SSSR count). The van der Waals surface area contributed by atoms with Crippen LogP contribution in [0.25, 0.3) is 10.6 Å². The second kappa shape index (κ2) is 12.7. The number of hydrogen-bond acceptors (Lipinski definition) is 6. The Balaban J connectivity index is 1.76. The first-order chi connectivity index (χ1) is 17.6. The maximum absolute atomic E-state index is 13.3. The van der Waals surface area contributed by atoms with E-state index in [1.807, 2.05) is 56.3 Å². The average molecular weight is 524 g/mol. The molecule has 198 valence electrons. The summed E-state index contributed by atoms with van der Waals surface area (Å²) in [6.07, 6.45) is 0.712. The van der Waals surface area contributed by atoms with E-state index in [4.69, 9.17) is 4.74 Å². The zero-order valence-electron chi connectivity index (χ0n) is 22.6. The van der Waals surface area contributed by atoms with E-state index >= 15 is 0 Å². The quantitative estimate of drug-likeness (QED) is 0.276. The van der Waals surface area contributed by atoms with E-state index in [0.717, 1.165) is 22.4 Å². The van der Waals surface area contributed by atoms with Crippen molar-refractivity contribution in [2.24, 2.45) is 5.92 Å². The van der Waals surface area contributed by atoms with E-state index in [9.17, 15) is 9.59 Å². The summed E-state index contributed by atoms with van der Waals surface area (Å²) in [7, 11) is 1.61. The normalized spacial score (nSPS) is 12.8. The molecule has 0 radical (unpaired) electrons. The summed E-state index contributed by atoms with van der Waals surface area (Å²) in [5.74, 6) is 0.753. The van der Waals surface area contributed by atoms with Gasteiger partial charge < -0.3 is 15.4 Å². The first kappa shape index (κ1) is 28.1. The Hall–Kier alpha value is -3.46. The van der Waals surface area contributed by atoms with Gasteiger partial charge in [-0.2, -0.15) is 0 Å². The number of methoxy groups -OCH3 is 1. The van der Waals surface area contributed by atoms with Crippen molar-refractivity contribution in [3.05, 3.63) is 53.6 Å². The molecule has 1 aromatic heterocycles. The van der Waals surface area contributed by atoms with E-state index in [0.29, 0.717) is 22.3 Å². The third-order valence-corrected chi connectivity index (χ3v) is 7.25. The van der Waals surface area contributed by atoms with Gasteiger partial charge in [-0.05, 0) is 41.0 Å². The van der Waals surface area contributed by atoms with Crippen molar-refractivity contribution in [2.45, 2.75) is 65.8 Å². The Labute approximate surface area is 223 Å². The number of nitrogens with one attached hydrogen (secondary N) is 3. The number of nitrogens with zero attached hydrogens (tertiary/aromatic N) is 2. The van der Waals surface area contributed by atoms with E-state index in [1.54, 1.807) is 7.11 Å². The first-order valence-corrected chi connectivity index (χ1v) is 13.4. The van der Waals surface area contributed by atoms with Gasteiger partial charge in [-0.3, -0.25) is 10.1 Å². The molecule has 3 aromatic rings. The molecule has 8 nitrogen and oxygen atoms in total. The molecule has 0 saturated heterocycles. The molecule has 3 N–H and O–H groups in total. The van der Waals surface area contributed by atoms with Crippen molar-refractivity contribution in [1.29, 1.82) is 0 Å². The SMILES string of the molecule is CCC(C)C(NC(=O)Nc1c(C(C)C)cccc1C(C)C)C(=O)Nc1nnc(-c2cccc(OC)c2)s1. The van der Waals surface area contributed by atoms with Crippen LogP contribution in [0.4, 0.5) is 15.6 Å². The minimum absolute atomic E-state index is 0.0959. The van der Waals surface area contributed by atoms with Crippen LogP contribution >= 0.6 is 11.3 Å². The van der Waals surface area contributed by atoms with Crippen LogP contribution in [0.5, 0.6) is 5.75 Å². The number of anilines is 2. The van der Waals surface area contributed by atoms with E-state index in [1.165, 1.54) is 11.3 Å². The first-order valence-electron chi connectivity index (χ1n) is 12.6. The summed E-state index contributed by atoms with van der Waals surface area (Å²) >= 11 is 1.26. The number of rotatable bonds is 10. The van der Waals surface area contributed by atoms with Gasteiger partial charge in [0.1, 0.15) is 16.8 Å². The van der Waals surface area contributed by atoms with Gasteiger partial charge in [0.15, 0.2) is 0 Å². The second-order valence-corrected chi connectivity index (χ2v) is 10.7. The van der Waals surface area contributed by atoms with Gasteiger partial charge in [0, 0.05) is 11.3 Å². The van der Waals surface area contributed by atoms with Crippen LogP contribution in [0.15, 0.2) is 42.5 Å².